The standard InChI is InChI=1S/C24H19BrN2O4/c1-29-17-10-11-21(30-2)20(13-17)27-23(28)18-8-3-4-9-19(18)24-26-14-22(31-24)15-6-5-7-16(25)12-15/h3-14H,1-2H3,(H,27,28). The zero-order valence-electron chi connectivity index (χ0n) is 16.9. The van der Waals surface area contributed by atoms with Gasteiger partial charge in [0, 0.05) is 21.7 Å². The second-order valence-corrected chi connectivity index (χ2v) is 7.52. The summed E-state index contributed by atoms with van der Waals surface area (Å²) < 4.78 is 17.5. The molecule has 0 aliphatic rings. The van der Waals surface area contributed by atoms with Crippen LogP contribution in [-0.4, -0.2) is 25.1 Å². The summed E-state index contributed by atoms with van der Waals surface area (Å²) in [6, 6.07) is 20.1. The number of oxazole rings is 1. The number of methoxy groups -OCH3 is 2. The van der Waals surface area contributed by atoms with E-state index < -0.39 is 0 Å². The Labute approximate surface area is 188 Å². The van der Waals surface area contributed by atoms with Crippen molar-refractivity contribution in [3.05, 3.63) is 83.0 Å². The fourth-order valence-corrected chi connectivity index (χ4v) is 3.54. The highest BCUT2D eigenvalue weighted by molar-refractivity contribution is 9.10. The Kier molecular flexibility index (Phi) is 6.04. The van der Waals surface area contributed by atoms with Crippen molar-refractivity contribution in [3.8, 4) is 34.3 Å². The molecule has 31 heavy (non-hydrogen) atoms. The van der Waals surface area contributed by atoms with Crippen LogP contribution in [0.3, 0.4) is 0 Å². The molecule has 0 bridgehead atoms. The van der Waals surface area contributed by atoms with E-state index in [2.05, 4.69) is 26.2 Å². The summed E-state index contributed by atoms with van der Waals surface area (Å²) in [5.41, 5.74) is 2.40. The van der Waals surface area contributed by atoms with Crippen LogP contribution in [0.1, 0.15) is 10.4 Å². The van der Waals surface area contributed by atoms with Crippen LogP contribution in [0.5, 0.6) is 11.5 Å². The van der Waals surface area contributed by atoms with Crippen LogP contribution < -0.4 is 14.8 Å². The van der Waals surface area contributed by atoms with Gasteiger partial charge in [-0.1, -0.05) is 40.2 Å². The van der Waals surface area contributed by atoms with Gasteiger partial charge in [-0.25, -0.2) is 4.98 Å². The van der Waals surface area contributed by atoms with E-state index in [1.807, 2.05) is 30.3 Å². The van der Waals surface area contributed by atoms with Crippen LogP contribution >= 0.6 is 15.9 Å². The van der Waals surface area contributed by atoms with Gasteiger partial charge in [0.15, 0.2) is 5.76 Å². The van der Waals surface area contributed by atoms with E-state index in [4.69, 9.17) is 13.9 Å². The predicted octanol–water partition coefficient (Wildman–Crippen LogP) is 6.04. The number of halogens is 1. The average molecular weight is 479 g/mol. The van der Waals surface area contributed by atoms with Gasteiger partial charge in [0.05, 0.1) is 31.7 Å². The first-order chi connectivity index (χ1) is 15.1. The Morgan fingerprint density at radius 1 is 1.00 bits per heavy atom. The summed E-state index contributed by atoms with van der Waals surface area (Å²) in [5, 5.41) is 2.89. The number of amides is 1. The minimum atomic E-state index is -0.315. The smallest absolute Gasteiger partial charge is 0.256 e. The molecule has 1 amide bonds. The Morgan fingerprint density at radius 2 is 1.84 bits per heavy atom. The SMILES string of the molecule is COc1ccc(OC)c(NC(=O)c2ccccc2-c2ncc(-c3cccc(Br)c3)o2)c1. The molecule has 0 fully saturated rings. The van der Waals surface area contributed by atoms with Crippen LogP contribution in [-0.2, 0) is 0 Å². The number of aromatic nitrogens is 1. The van der Waals surface area contributed by atoms with E-state index in [1.54, 1.807) is 56.8 Å². The molecule has 156 valence electrons. The van der Waals surface area contributed by atoms with Gasteiger partial charge in [-0.15, -0.1) is 0 Å². The molecule has 0 spiro atoms. The van der Waals surface area contributed by atoms with Gasteiger partial charge in [-0.05, 0) is 36.4 Å². The lowest BCUT2D eigenvalue weighted by molar-refractivity contribution is 0.102. The van der Waals surface area contributed by atoms with Crippen molar-refractivity contribution in [1.29, 1.82) is 0 Å². The minimum Gasteiger partial charge on any atom is -0.497 e. The number of benzene rings is 3. The normalized spacial score (nSPS) is 10.5. The summed E-state index contributed by atoms with van der Waals surface area (Å²) in [6.45, 7) is 0. The van der Waals surface area contributed by atoms with Gasteiger partial charge in [-0.3, -0.25) is 4.79 Å². The number of hydrogen-bond acceptors (Lipinski definition) is 5. The molecule has 1 N–H and O–H groups in total. The molecule has 0 atom stereocenters. The van der Waals surface area contributed by atoms with Gasteiger partial charge in [0.2, 0.25) is 5.89 Å². The Balaban J connectivity index is 1.66. The molecule has 1 aromatic heterocycles. The van der Waals surface area contributed by atoms with Crippen molar-refractivity contribution in [2.75, 3.05) is 19.5 Å². The zero-order valence-corrected chi connectivity index (χ0v) is 18.5. The van der Waals surface area contributed by atoms with Crippen LogP contribution in [0.15, 0.2) is 81.8 Å². The fraction of sp³-hybridized carbons (Fsp3) is 0.0833. The Bertz CT molecular complexity index is 1240. The third-order valence-electron chi connectivity index (χ3n) is 4.67. The van der Waals surface area contributed by atoms with E-state index in [0.29, 0.717) is 40.0 Å². The van der Waals surface area contributed by atoms with Gasteiger partial charge < -0.3 is 19.2 Å². The van der Waals surface area contributed by atoms with Crippen LogP contribution in [0, 0.1) is 0 Å². The first-order valence-corrected chi connectivity index (χ1v) is 10.2. The maximum absolute atomic E-state index is 13.1. The van der Waals surface area contributed by atoms with Crippen LogP contribution in [0.4, 0.5) is 5.69 Å². The first kappa shape index (κ1) is 20.7. The quantitative estimate of drug-likeness (QED) is 0.365. The van der Waals surface area contributed by atoms with Gasteiger partial charge in [0.1, 0.15) is 11.5 Å². The molecule has 1 heterocycles. The van der Waals surface area contributed by atoms with Crippen LogP contribution in [0.2, 0.25) is 0 Å². The fourth-order valence-electron chi connectivity index (χ4n) is 3.14. The first-order valence-electron chi connectivity index (χ1n) is 9.43. The van der Waals surface area contributed by atoms with Gasteiger partial charge in [-0.2, -0.15) is 0 Å². The highest BCUT2D eigenvalue weighted by Crippen LogP contribution is 2.32. The summed E-state index contributed by atoms with van der Waals surface area (Å²) >= 11 is 3.46. The lowest BCUT2D eigenvalue weighted by Gasteiger charge is -2.13. The number of anilines is 1. The lowest BCUT2D eigenvalue weighted by Crippen LogP contribution is -2.14. The van der Waals surface area contributed by atoms with Crippen molar-refractivity contribution in [2.45, 2.75) is 0 Å². The number of hydrogen-bond donors (Lipinski definition) is 1. The van der Waals surface area contributed by atoms with Crippen molar-refractivity contribution in [2.24, 2.45) is 0 Å². The molecule has 3 aromatic carbocycles. The summed E-state index contributed by atoms with van der Waals surface area (Å²) in [5.74, 6) is 1.79. The third-order valence-corrected chi connectivity index (χ3v) is 5.17. The molecule has 7 heteroatoms. The van der Waals surface area contributed by atoms with Crippen molar-refractivity contribution < 1.29 is 18.7 Å². The Morgan fingerprint density at radius 3 is 2.61 bits per heavy atom. The molecular formula is C24H19BrN2O4. The maximum Gasteiger partial charge on any atom is 0.256 e. The predicted molar refractivity (Wildman–Crippen MR) is 123 cm³/mol. The largest absolute Gasteiger partial charge is 0.497 e. The second-order valence-electron chi connectivity index (χ2n) is 6.61. The maximum atomic E-state index is 13.1. The number of carbonyl (C=O) groups is 1. The van der Waals surface area contributed by atoms with Crippen molar-refractivity contribution >= 4 is 27.5 Å². The molecule has 0 saturated carbocycles. The van der Waals surface area contributed by atoms with Crippen LogP contribution in [0.25, 0.3) is 22.8 Å². The summed E-state index contributed by atoms with van der Waals surface area (Å²) in [6.07, 6.45) is 1.65. The third kappa shape index (κ3) is 4.46. The van der Waals surface area contributed by atoms with Crippen molar-refractivity contribution in [1.82, 2.24) is 4.98 Å². The molecule has 4 aromatic rings. The molecular weight excluding hydrogens is 460 g/mol. The highest BCUT2D eigenvalue weighted by Gasteiger charge is 2.18. The second kappa shape index (κ2) is 9.06. The number of carbonyl (C=O) groups excluding carboxylic acids is 1. The summed E-state index contributed by atoms with van der Waals surface area (Å²) in [7, 11) is 3.11. The summed E-state index contributed by atoms with van der Waals surface area (Å²) in [4.78, 5) is 17.5. The number of nitrogens with one attached hydrogen (secondary N) is 1. The molecule has 0 saturated heterocycles. The number of rotatable bonds is 6. The average Bonchev–Trinajstić information content (AvgIpc) is 3.29. The monoisotopic (exact) mass is 478 g/mol. The van der Waals surface area contributed by atoms with E-state index in [9.17, 15) is 4.79 Å². The molecule has 4 rings (SSSR count). The van der Waals surface area contributed by atoms with E-state index in [-0.39, 0.29) is 5.91 Å². The molecule has 0 aliphatic heterocycles. The zero-order chi connectivity index (χ0) is 21.8. The molecule has 0 aliphatic carbocycles. The van der Waals surface area contributed by atoms with Gasteiger partial charge in [0.25, 0.3) is 5.91 Å². The van der Waals surface area contributed by atoms with Gasteiger partial charge >= 0.3 is 0 Å². The highest BCUT2D eigenvalue weighted by atomic mass is 79.9. The lowest BCUT2D eigenvalue weighted by atomic mass is 10.1. The van der Waals surface area contributed by atoms with E-state index >= 15 is 0 Å². The number of nitrogens with zero attached hydrogens (tertiary/aromatic N) is 1. The molecule has 6 nitrogen and oxygen atoms in total. The van der Waals surface area contributed by atoms with E-state index in [0.717, 1.165) is 10.0 Å². The van der Waals surface area contributed by atoms with Crippen molar-refractivity contribution in [3.63, 3.8) is 0 Å². The molecule has 0 unspecified atom stereocenters. The topological polar surface area (TPSA) is 73.6 Å². The minimum absolute atomic E-state index is 0.315. The van der Waals surface area contributed by atoms with E-state index in [1.165, 1.54) is 0 Å². The molecule has 0 radical (unpaired) electrons. The Hall–Kier alpha value is -3.58. The number of ether oxygens (including phenoxy) is 2.